The number of thiophene rings is 1. The fourth-order valence-electron chi connectivity index (χ4n) is 1.37. The first-order valence-electron chi connectivity index (χ1n) is 5.31. The Morgan fingerprint density at radius 1 is 1.50 bits per heavy atom. The maximum absolute atomic E-state index is 12.1. The molecule has 0 aromatic carbocycles. The average molecular weight is 248 g/mol. The molecule has 0 bridgehead atoms. The second kappa shape index (κ2) is 6.93. The second-order valence-electron chi connectivity index (χ2n) is 3.89. The largest absolute Gasteiger partial charge is 0.310 e. The molecule has 0 fully saturated rings. The summed E-state index contributed by atoms with van der Waals surface area (Å²) in [5.74, 6) is 0. The second-order valence-corrected chi connectivity index (χ2v) is 4.92. The van der Waals surface area contributed by atoms with Gasteiger partial charge in [-0.05, 0) is 25.4 Å². The van der Waals surface area contributed by atoms with Crippen LogP contribution in [0.3, 0.4) is 0 Å². The van der Waals surface area contributed by atoms with Crippen molar-refractivity contribution in [2.75, 3.05) is 20.1 Å². The lowest BCUT2D eigenvalue weighted by atomic mass is 10.3. The van der Waals surface area contributed by atoms with E-state index in [2.05, 4.69) is 11.4 Å². The molecule has 0 amide bonds. The van der Waals surface area contributed by atoms with E-state index in [9.17, 15) is 8.78 Å². The minimum Gasteiger partial charge on any atom is -0.310 e. The van der Waals surface area contributed by atoms with Crippen LogP contribution in [0.15, 0.2) is 17.5 Å². The maximum Gasteiger partial charge on any atom is 0.251 e. The van der Waals surface area contributed by atoms with Gasteiger partial charge in [0.05, 0.1) is 6.54 Å². The highest BCUT2D eigenvalue weighted by molar-refractivity contribution is 7.09. The molecule has 1 aromatic rings. The Labute approximate surface area is 99.3 Å². The lowest BCUT2D eigenvalue weighted by Crippen LogP contribution is -2.39. The molecule has 0 saturated carbocycles. The Kier molecular flexibility index (Phi) is 5.87. The van der Waals surface area contributed by atoms with Gasteiger partial charge in [0.15, 0.2) is 0 Å². The van der Waals surface area contributed by atoms with E-state index in [1.54, 1.807) is 23.3 Å². The number of likely N-dealkylation sites (N-methyl/N-ethyl adjacent to an activating group) is 1. The monoisotopic (exact) mass is 248 g/mol. The van der Waals surface area contributed by atoms with Crippen LogP contribution in [-0.4, -0.2) is 37.5 Å². The molecule has 5 heteroatoms. The quantitative estimate of drug-likeness (QED) is 0.797. The van der Waals surface area contributed by atoms with Crippen LogP contribution < -0.4 is 5.32 Å². The summed E-state index contributed by atoms with van der Waals surface area (Å²) < 4.78 is 24.3. The summed E-state index contributed by atoms with van der Waals surface area (Å²) in [6, 6.07) is 4.19. The Bertz CT molecular complexity index is 278. The van der Waals surface area contributed by atoms with Crippen molar-refractivity contribution in [3.8, 4) is 0 Å². The van der Waals surface area contributed by atoms with Crippen LogP contribution in [0.25, 0.3) is 0 Å². The molecule has 0 spiro atoms. The molecule has 1 unspecified atom stereocenters. The maximum atomic E-state index is 12.1. The van der Waals surface area contributed by atoms with Gasteiger partial charge in [-0.15, -0.1) is 11.3 Å². The Hall–Kier alpha value is -0.520. The highest BCUT2D eigenvalue weighted by Gasteiger charge is 2.13. The van der Waals surface area contributed by atoms with Gasteiger partial charge < -0.3 is 5.32 Å². The van der Waals surface area contributed by atoms with Crippen molar-refractivity contribution in [3.05, 3.63) is 22.4 Å². The molecule has 0 aliphatic heterocycles. The predicted octanol–water partition coefficient (Wildman–Crippen LogP) is 2.42. The molecule has 92 valence electrons. The van der Waals surface area contributed by atoms with Crippen LogP contribution in [0, 0.1) is 0 Å². The molecule has 0 aliphatic carbocycles. The SMILES string of the molecule is CC(CNCc1cccs1)N(C)CC(F)F. The third kappa shape index (κ3) is 5.01. The van der Waals surface area contributed by atoms with Crippen LogP contribution in [0.1, 0.15) is 11.8 Å². The topological polar surface area (TPSA) is 15.3 Å². The predicted molar refractivity (Wildman–Crippen MR) is 64.1 cm³/mol. The number of hydrogen-bond acceptors (Lipinski definition) is 3. The third-order valence-corrected chi connectivity index (χ3v) is 3.37. The van der Waals surface area contributed by atoms with Gasteiger partial charge in [-0.3, -0.25) is 4.90 Å². The first-order chi connectivity index (χ1) is 7.59. The zero-order valence-electron chi connectivity index (χ0n) is 9.62. The average Bonchev–Trinajstić information content (AvgIpc) is 2.69. The third-order valence-electron chi connectivity index (χ3n) is 2.50. The number of nitrogens with one attached hydrogen (secondary N) is 1. The lowest BCUT2D eigenvalue weighted by Gasteiger charge is -2.24. The zero-order chi connectivity index (χ0) is 12.0. The summed E-state index contributed by atoms with van der Waals surface area (Å²) in [5.41, 5.74) is 0. The number of halogens is 2. The van der Waals surface area contributed by atoms with E-state index in [1.807, 2.05) is 18.4 Å². The lowest BCUT2D eigenvalue weighted by molar-refractivity contribution is 0.0840. The van der Waals surface area contributed by atoms with Crippen molar-refractivity contribution in [3.63, 3.8) is 0 Å². The standard InChI is InChI=1S/C11H18F2N2S/c1-9(15(2)8-11(12)13)6-14-7-10-4-3-5-16-10/h3-5,9,11,14H,6-8H2,1-2H3. The first-order valence-corrected chi connectivity index (χ1v) is 6.19. The van der Waals surface area contributed by atoms with E-state index in [4.69, 9.17) is 0 Å². The molecule has 0 radical (unpaired) electrons. The van der Waals surface area contributed by atoms with Gasteiger partial charge in [0, 0.05) is 24.0 Å². The number of nitrogens with zero attached hydrogens (tertiary/aromatic N) is 1. The Morgan fingerprint density at radius 2 is 2.25 bits per heavy atom. The number of rotatable bonds is 7. The molecular formula is C11H18F2N2S. The molecule has 1 atom stereocenters. The normalized spacial score (nSPS) is 13.6. The minimum absolute atomic E-state index is 0.119. The van der Waals surface area contributed by atoms with Crippen molar-refractivity contribution >= 4 is 11.3 Å². The van der Waals surface area contributed by atoms with E-state index in [0.717, 1.165) is 13.1 Å². The molecule has 0 saturated heterocycles. The summed E-state index contributed by atoms with van der Waals surface area (Å²) in [5, 5.41) is 5.30. The van der Waals surface area contributed by atoms with Crippen LogP contribution in [0.2, 0.25) is 0 Å². The van der Waals surface area contributed by atoms with Crippen molar-refractivity contribution < 1.29 is 8.78 Å². The molecular weight excluding hydrogens is 230 g/mol. The molecule has 2 nitrogen and oxygen atoms in total. The summed E-state index contributed by atoms with van der Waals surface area (Å²) >= 11 is 1.70. The van der Waals surface area contributed by atoms with Gasteiger partial charge in [-0.25, -0.2) is 8.78 Å². The summed E-state index contributed by atoms with van der Waals surface area (Å²) in [4.78, 5) is 2.94. The van der Waals surface area contributed by atoms with E-state index < -0.39 is 6.43 Å². The van der Waals surface area contributed by atoms with Crippen LogP contribution >= 0.6 is 11.3 Å². The minimum atomic E-state index is -2.26. The van der Waals surface area contributed by atoms with Crippen molar-refractivity contribution in [2.45, 2.75) is 25.9 Å². The fraction of sp³-hybridized carbons (Fsp3) is 0.636. The Morgan fingerprint density at radius 3 is 2.81 bits per heavy atom. The highest BCUT2D eigenvalue weighted by atomic mass is 32.1. The van der Waals surface area contributed by atoms with Crippen LogP contribution in [-0.2, 0) is 6.54 Å². The van der Waals surface area contributed by atoms with E-state index in [1.165, 1.54) is 4.88 Å². The van der Waals surface area contributed by atoms with E-state index in [0.29, 0.717) is 0 Å². The fourth-order valence-corrected chi connectivity index (χ4v) is 2.05. The van der Waals surface area contributed by atoms with Gasteiger partial charge in [-0.1, -0.05) is 6.07 Å². The first kappa shape index (κ1) is 13.5. The van der Waals surface area contributed by atoms with E-state index >= 15 is 0 Å². The summed E-state index contributed by atoms with van der Waals surface area (Å²) in [6.07, 6.45) is -2.26. The smallest absolute Gasteiger partial charge is 0.251 e. The Balaban J connectivity index is 2.16. The molecule has 1 N–H and O–H groups in total. The van der Waals surface area contributed by atoms with Gasteiger partial charge >= 0.3 is 0 Å². The summed E-state index contributed by atoms with van der Waals surface area (Å²) in [7, 11) is 1.73. The molecule has 0 aliphatic rings. The summed E-state index contributed by atoms with van der Waals surface area (Å²) in [6.45, 7) is 3.32. The van der Waals surface area contributed by atoms with Crippen molar-refractivity contribution in [1.29, 1.82) is 0 Å². The van der Waals surface area contributed by atoms with Gasteiger partial charge in [0.25, 0.3) is 6.43 Å². The van der Waals surface area contributed by atoms with Crippen molar-refractivity contribution in [1.82, 2.24) is 10.2 Å². The zero-order valence-corrected chi connectivity index (χ0v) is 10.4. The van der Waals surface area contributed by atoms with E-state index in [-0.39, 0.29) is 12.6 Å². The van der Waals surface area contributed by atoms with Crippen LogP contribution in [0.5, 0.6) is 0 Å². The van der Waals surface area contributed by atoms with Gasteiger partial charge in [0.1, 0.15) is 0 Å². The number of hydrogen-bond donors (Lipinski definition) is 1. The molecule has 1 heterocycles. The molecule has 1 aromatic heterocycles. The molecule has 1 rings (SSSR count). The van der Waals surface area contributed by atoms with Crippen molar-refractivity contribution in [2.24, 2.45) is 0 Å². The highest BCUT2D eigenvalue weighted by Crippen LogP contribution is 2.07. The molecule has 16 heavy (non-hydrogen) atoms. The van der Waals surface area contributed by atoms with Gasteiger partial charge in [0.2, 0.25) is 0 Å². The van der Waals surface area contributed by atoms with Gasteiger partial charge in [-0.2, -0.15) is 0 Å². The number of alkyl halides is 2. The van der Waals surface area contributed by atoms with Crippen LogP contribution in [0.4, 0.5) is 8.78 Å².